The summed E-state index contributed by atoms with van der Waals surface area (Å²) in [5, 5.41) is 0. The largest absolute Gasteiger partial charge is 0.334 e. The van der Waals surface area contributed by atoms with Crippen molar-refractivity contribution in [3.05, 3.63) is 60.8 Å². The van der Waals surface area contributed by atoms with Gasteiger partial charge in [-0.1, -0.05) is 15.9 Å². The molecule has 1 aliphatic rings. The minimum atomic E-state index is -1.02. The summed E-state index contributed by atoms with van der Waals surface area (Å²) in [4.78, 5) is 25.6. The Balaban J connectivity index is 2.26. The molecule has 0 fully saturated rings. The van der Waals surface area contributed by atoms with Crippen LogP contribution in [0.1, 0.15) is 32.0 Å². The Hall–Kier alpha value is -2.22. The summed E-state index contributed by atoms with van der Waals surface area (Å²) in [6.45, 7) is 4.03. The van der Waals surface area contributed by atoms with Gasteiger partial charge in [-0.15, -0.1) is 0 Å². The molecule has 3 aromatic rings. The Kier molecular flexibility index (Phi) is 3.91. The monoisotopic (exact) mass is 423 g/mol. The molecule has 0 unspecified atom stereocenters. The number of hydrogen-bond donors (Lipinski definition) is 0. The van der Waals surface area contributed by atoms with E-state index in [-0.39, 0.29) is 17.2 Å². The van der Waals surface area contributed by atoms with Gasteiger partial charge in [-0.2, -0.15) is 4.39 Å². The van der Waals surface area contributed by atoms with Gasteiger partial charge in [-0.25, -0.2) is 9.18 Å². The van der Waals surface area contributed by atoms with Crippen LogP contribution in [0.25, 0.3) is 16.7 Å². The van der Waals surface area contributed by atoms with Gasteiger partial charge < -0.3 is 4.57 Å². The molecule has 0 radical (unpaired) electrons. The lowest BCUT2D eigenvalue weighted by Crippen LogP contribution is -2.25. The maximum absolute atomic E-state index is 15.0. The summed E-state index contributed by atoms with van der Waals surface area (Å²) in [6, 6.07) is 3.90. The predicted molar refractivity (Wildman–Crippen MR) is 98.1 cm³/mol. The van der Waals surface area contributed by atoms with Crippen LogP contribution in [0.5, 0.6) is 0 Å². The lowest BCUT2D eigenvalue weighted by molar-refractivity contribution is 0.579. The van der Waals surface area contributed by atoms with Gasteiger partial charge in [-0.05, 0) is 44.9 Å². The molecular weight excluding hydrogens is 408 g/mol. The normalized spacial score (nSPS) is 13.8. The zero-order valence-corrected chi connectivity index (χ0v) is 15.8. The molecule has 8 heteroatoms. The molecule has 3 heterocycles. The highest BCUT2D eigenvalue weighted by molar-refractivity contribution is 9.10. The number of aromatic nitrogens is 3. The molecule has 4 rings (SSSR count). The summed E-state index contributed by atoms with van der Waals surface area (Å²) in [5.74, 6) is -1.70. The molecule has 0 bridgehead atoms. The molecule has 0 N–H and O–H groups in total. The Labute approximate surface area is 155 Å². The molecule has 5 nitrogen and oxygen atoms in total. The number of nitrogens with zero attached hydrogens (tertiary/aromatic N) is 3. The van der Waals surface area contributed by atoms with Crippen LogP contribution in [0.15, 0.2) is 32.3 Å². The summed E-state index contributed by atoms with van der Waals surface area (Å²) >= 11 is 3.17. The van der Waals surface area contributed by atoms with Gasteiger partial charge in [0.1, 0.15) is 11.3 Å². The highest BCUT2D eigenvalue weighted by atomic mass is 79.9. The molecule has 2 aromatic heterocycles. The van der Waals surface area contributed by atoms with Gasteiger partial charge in [0.2, 0.25) is 5.82 Å². The molecule has 136 valence electrons. The van der Waals surface area contributed by atoms with Gasteiger partial charge >= 0.3 is 5.69 Å². The van der Waals surface area contributed by atoms with E-state index in [9.17, 15) is 14.0 Å². The summed E-state index contributed by atoms with van der Waals surface area (Å²) in [5.41, 5.74) is -0.546. The van der Waals surface area contributed by atoms with Crippen LogP contribution in [-0.4, -0.2) is 13.7 Å². The van der Waals surface area contributed by atoms with Crippen LogP contribution in [0, 0.1) is 11.6 Å². The van der Waals surface area contributed by atoms with Gasteiger partial charge in [0.25, 0.3) is 5.56 Å². The third-order valence-corrected chi connectivity index (χ3v) is 5.28. The van der Waals surface area contributed by atoms with Gasteiger partial charge in [0.15, 0.2) is 0 Å². The first-order chi connectivity index (χ1) is 12.3. The van der Waals surface area contributed by atoms with E-state index >= 15 is 4.39 Å². The standard InChI is InChI=1S/C18H16BrF2N3O2/c1-9(2)23-15-13-4-3-7-22(13)17(25)14(21)16(15)24(18(23)26)12-6-5-10(19)8-11(12)20/h5-6,8-9H,3-4,7H2,1-2H3. The topological polar surface area (TPSA) is 48.9 Å². The molecule has 1 aromatic carbocycles. The number of benzene rings is 1. The molecule has 0 amide bonds. The van der Waals surface area contributed by atoms with E-state index in [1.54, 1.807) is 19.9 Å². The highest BCUT2D eigenvalue weighted by Crippen LogP contribution is 2.29. The Morgan fingerprint density at radius 3 is 2.54 bits per heavy atom. The molecule has 1 aliphatic heterocycles. The van der Waals surface area contributed by atoms with Gasteiger partial charge in [0.05, 0.1) is 11.2 Å². The number of rotatable bonds is 2. The molecule has 0 aliphatic carbocycles. The van der Waals surface area contributed by atoms with Crippen LogP contribution in [0.3, 0.4) is 0 Å². The zero-order chi connectivity index (χ0) is 18.7. The van der Waals surface area contributed by atoms with Crippen molar-refractivity contribution in [3.8, 4) is 5.69 Å². The maximum Gasteiger partial charge on any atom is 0.334 e. The van der Waals surface area contributed by atoms with Crippen LogP contribution in [0.4, 0.5) is 8.78 Å². The van der Waals surface area contributed by atoms with Crippen molar-refractivity contribution in [2.45, 2.75) is 39.3 Å². The molecule has 0 atom stereocenters. The second-order valence-electron chi connectivity index (χ2n) is 6.70. The molecule has 0 saturated heterocycles. The van der Waals surface area contributed by atoms with E-state index in [1.807, 2.05) is 0 Å². The third-order valence-electron chi connectivity index (χ3n) is 4.79. The van der Waals surface area contributed by atoms with Crippen molar-refractivity contribution in [2.24, 2.45) is 0 Å². The van der Waals surface area contributed by atoms with Crippen molar-refractivity contribution in [1.29, 1.82) is 0 Å². The van der Waals surface area contributed by atoms with Gasteiger partial charge in [0, 0.05) is 22.8 Å². The number of pyridine rings is 1. The number of fused-ring (bicyclic) bond motifs is 3. The van der Waals surface area contributed by atoms with Crippen LogP contribution in [0.2, 0.25) is 0 Å². The van der Waals surface area contributed by atoms with E-state index in [1.165, 1.54) is 21.3 Å². The fraction of sp³-hybridized carbons (Fsp3) is 0.333. The minimum Gasteiger partial charge on any atom is -0.308 e. The van der Waals surface area contributed by atoms with Crippen molar-refractivity contribution in [2.75, 3.05) is 0 Å². The van der Waals surface area contributed by atoms with Crippen LogP contribution in [-0.2, 0) is 13.0 Å². The number of hydrogen-bond acceptors (Lipinski definition) is 2. The van der Waals surface area contributed by atoms with Crippen molar-refractivity contribution in [1.82, 2.24) is 13.7 Å². The third kappa shape index (κ3) is 2.24. The van der Waals surface area contributed by atoms with Crippen LogP contribution < -0.4 is 11.2 Å². The average Bonchev–Trinajstić information content (AvgIpc) is 3.15. The molecule has 0 saturated carbocycles. The molecule has 26 heavy (non-hydrogen) atoms. The molecule has 0 spiro atoms. The van der Waals surface area contributed by atoms with Crippen molar-refractivity contribution in [3.63, 3.8) is 0 Å². The smallest absolute Gasteiger partial charge is 0.308 e. The number of halogens is 3. The van der Waals surface area contributed by atoms with E-state index in [4.69, 9.17) is 0 Å². The highest BCUT2D eigenvalue weighted by Gasteiger charge is 2.29. The van der Waals surface area contributed by atoms with E-state index in [0.717, 1.165) is 4.57 Å². The minimum absolute atomic E-state index is 0.0798. The second kappa shape index (κ2) is 5.90. The number of imidazole rings is 1. The SMILES string of the molecule is CC(C)n1c(=O)n(-c2ccc(Br)cc2F)c2c(F)c(=O)n3c(c21)CCC3. The Morgan fingerprint density at radius 2 is 1.88 bits per heavy atom. The Bertz CT molecular complexity index is 1170. The lowest BCUT2D eigenvalue weighted by atomic mass is 10.2. The van der Waals surface area contributed by atoms with E-state index in [0.29, 0.717) is 35.1 Å². The predicted octanol–water partition coefficient (Wildman–Crippen LogP) is 3.52. The number of aryl methyl sites for hydroxylation is 1. The Morgan fingerprint density at radius 1 is 1.15 bits per heavy atom. The summed E-state index contributed by atoms with van der Waals surface area (Å²) in [6.07, 6.45) is 1.28. The summed E-state index contributed by atoms with van der Waals surface area (Å²) in [7, 11) is 0. The lowest BCUT2D eigenvalue weighted by Gasteiger charge is -2.11. The maximum atomic E-state index is 15.0. The average molecular weight is 424 g/mol. The quantitative estimate of drug-likeness (QED) is 0.632. The second-order valence-corrected chi connectivity index (χ2v) is 7.61. The first kappa shape index (κ1) is 17.2. The zero-order valence-electron chi connectivity index (χ0n) is 14.2. The van der Waals surface area contributed by atoms with Crippen molar-refractivity contribution >= 4 is 27.0 Å². The first-order valence-electron chi connectivity index (χ1n) is 8.36. The fourth-order valence-corrected chi connectivity index (χ4v) is 4.06. The van der Waals surface area contributed by atoms with Crippen molar-refractivity contribution < 1.29 is 8.78 Å². The van der Waals surface area contributed by atoms with Gasteiger partial charge in [-0.3, -0.25) is 13.9 Å². The van der Waals surface area contributed by atoms with Crippen LogP contribution >= 0.6 is 15.9 Å². The van der Waals surface area contributed by atoms with E-state index < -0.39 is 22.9 Å². The summed E-state index contributed by atoms with van der Waals surface area (Å²) < 4.78 is 33.9. The van der Waals surface area contributed by atoms with E-state index in [2.05, 4.69) is 15.9 Å². The fourth-order valence-electron chi connectivity index (χ4n) is 3.73. The molecular formula is C18H16BrF2N3O2. The first-order valence-corrected chi connectivity index (χ1v) is 9.15.